The Hall–Kier alpha value is -3.86. The van der Waals surface area contributed by atoms with Gasteiger partial charge in [0.2, 0.25) is 0 Å². The zero-order valence-electron chi connectivity index (χ0n) is 16.8. The maximum absolute atomic E-state index is 12.5. The van der Waals surface area contributed by atoms with Crippen LogP contribution < -0.4 is 10.2 Å². The van der Waals surface area contributed by atoms with E-state index in [1.54, 1.807) is 30.1 Å². The summed E-state index contributed by atoms with van der Waals surface area (Å²) in [4.78, 5) is 25.4. The SMILES string of the molecule is CN(c1ccccc1)c1ccc(/C=C(\C#N)C(=O)Nc2ccc(Cl)cc2Cl)cc1[N+](=O)[O-]. The fourth-order valence-electron chi connectivity index (χ4n) is 2.95. The van der Waals surface area contributed by atoms with Crippen molar-refractivity contribution in [1.82, 2.24) is 0 Å². The second-order valence-corrected chi connectivity index (χ2v) is 7.49. The number of nitro benzene ring substituents is 1. The maximum Gasteiger partial charge on any atom is 0.293 e. The number of hydrogen-bond acceptors (Lipinski definition) is 5. The Balaban J connectivity index is 1.92. The summed E-state index contributed by atoms with van der Waals surface area (Å²) in [5, 5.41) is 24.3. The number of anilines is 3. The lowest BCUT2D eigenvalue weighted by Gasteiger charge is -2.19. The minimum atomic E-state index is -0.704. The second-order valence-electron chi connectivity index (χ2n) is 6.65. The second kappa shape index (κ2) is 9.96. The van der Waals surface area contributed by atoms with Crippen LogP contribution in [0.3, 0.4) is 0 Å². The van der Waals surface area contributed by atoms with E-state index in [0.29, 0.717) is 16.3 Å². The highest BCUT2D eigenvalue weighted by atomic mass is 35.5. The fourth-order valence-corrected chi connectivity index (χ4v) is 3.40. The Morgan fingerprint density at radius 1 is 1.12 bits per heavy atom. The van der Waals surface area contributed by atoms with Crippen LogP contribution in [0.4, 0.5) is 22.7 Å². The van der Waals surface area contributed by atoms with E-state index in [4.69, 9.17) is 23.2 Å². The van der Waals surface area contributed by atoms with Crippen molar-refractivity contribution in [3.05, 3.63) is 98.0 Å². The number of halogens is 2. The lowest BCUT2D eigenvalue weighted by molar-refractivity contribution is -0.384. The summed E-state index contributed by atoms with van der Waals surface area (Å²) in [6.07, 6.45) is 1.28. The molecule has 0 fully saturated rings. The van der Waals surface area contributed by atoms with E-state index in [2.05, 4.69) is 5.32 Å². The Bertz CT molecular complexity index is 1250. The number of para-hydroxylation sites is 1. The van der Waals surface area contributed by atoms with E-state index in [1.807, 2.05) is 36.4 Å². The van der Waals surface area contributed by atoms with Gasteiger partial charge in [-0.05, 0) is 48.0 Å². The molecular formula is C23H16Cl2N4O3. The minimum Gasteiger partial charge on any atom is -0.339 e. The van der Waals surface area contributed by atoms with Crippen molar-refractivity contribution in [2.24, 2.45) is 0 Å². The minimum absolute atomic E-state index is 0.163. The number of carbonyl (C=O) groups is 1. The number of benzene rings is 3. The third-order valence-corrected chi connectivity index (χ3v) is 5.10. The van der Waals surface area contributed by atoms with Gasteiger partial charge in [-0.15, -0.1) is 0 Å². The van der Waals surface area contributed by atoms with Crippen LogP contribution in [0.5, 0.6) is 0 Å². The molecule has 0 bridgehead atoms. The number of hydrogen-bond donors (Lipinski definition) is 1. The quantitative estimate of drug-likeness (QED) is 0.201. The predicted molar refractivity (Wildman–Crippen MR) is 126 cm³/mol. The number of carbonyl (C=O) groups excluding carboxylic acids is 1. The third kappa shape index (κ3) is 5.24. The molecule has 0 saturated heterocycles. The van der Waals surface area contributed by atoms with Crippen molar-refractivity contribution in [2.45, 2.75) is 0 Å². The highest BCUT2D eigenvalue weighted by Crippen LogP contribution is 2.33. The Morgan fingerprint density at radius 3 is 2.47 bits per heavy atom. The highest BCUT2D eigenvalue weighted by Gasteiger charge is 2.19. The Morgan fingerprint density at radius 2 is 1.84 bits per heavy atom. The first-order valence-corrected chi connectivity index (χ1v) is 10.0. The lowest BCUT2D eigenvalue weighted by atomic mass is 10.1. The van der Waals surface area contributed by atoms with E-state index in [-0.39, 0.29) is 22.0 Å². The summed E-state index contributed by atoms with van der Waals surface area (Å²) < 4.78 is 0. The van der Waals surface area contributed by atoms with Crippen LogP contribution in [0.15, 0.2) is 72.3 Å². The number of nitriles is 1. The Labute approximate surface area is 194 Å². The average molecular weight is 467 g/mol. The molecule has 0 radical (unpaired) electrons. The summed E-state index contributed by atoms with van der Waals surface area (Å²) >= 11 is 11.9. The molecule has 0 unspecified atom stereocenters. The largest absolute Gasteiger partial charge is 0.339 e. The molecule has 1 amide bonds. The van der Waals surface area contributed by atoms with Crippen LogP contribution in [-0.2, 0) is 4.79 Å². The third-order valence-electron chi connectivity index (χ3n) is 4.56. The van der Waals surface area contributed by atoms with Crippen LogP contribution in [0.1, 0.15) is 5.56 Å². The summed E-state index contributed by atoms with van der Waals surface area (Å²) in [6, 6.07) is 20.0. The number of rotatable bonds is 6. The topological polar surface area (TPSA) is 99.3 Å². The number of nitro groups is 1. The van der Waals surface area contributed by atoms with Gasteiger partial charge in [-0.1, -0.05) is 47.5 Å². The van der Waals surface area contributed by atoms with Crippen molar-refractivity contribution in [1.29, 1.82) is 5.26 Å². The van der Waals surface area contributed by atoms with Gasteiger partial charge in [-0.25, -0.2) is 0 Å². The smallest absolute Gasteiger partial charge is 0.293 e. The van der Waals surface area contributed by atoms with Gasteiger partial charge in [0.25, 0.3) is 11.6 Å². The molecule has 3 aromatic rings. The fraction of sp³-hybridized carbons (Fsp3) is 0.0435. The van der Waals surface area contributed by atoms with Crippen molar-refractivity contribution in [2.75, 3.05) is 17.3 Å². The monoisotopic (exact) mass is 466 g/mol. The normalized spacial score (nSPS) is 10.9. The summed E-state index contributed by atoms with van der Waals surface area (Å²) in [5.74, 6) is -0.704. The van der Waals surface area contributed by atoms with Crippen LogP contribution >= 0.6 is 23.2 Å². The molecule has 0 aliphatic heterocycles. The maximum atomic E-state index is 12.5. The molecular weight excluding hydrogens is 451 g/mol. The molecule has 160 valence electrons. The molecule has 7 nitrogen and oxygen atoms in total. The zero-order valence-corrected chi connectivity index (χ0v) is 18.3. The van der Waals surface area contributed by atoms with Crippen LogP contribution in [0.25, 0.3) is 6.08 Å². The standard InChI is InChI=1S/C23H16Cl2N4O3/c1-28(18-5-3-2-4-6-18)21-10-7-15(12-22(21)29(31)32)11-16(14-26)23(30)27-20-9-8-17(24)13-19(20)25/h2-13H,1H3,(H,27,30)/b16-11+. The molecule has 9 heteroatoms. The van der Waals surface area contributed by atoms with Gasteiger partial charge in [0.15, 0.2) is 0 Å². The molecule has 3 rings (SSSR count). The van der Waals surface area contributed by atoms with Gasteiger partial charge in [0.05, 0.1) is 15.6 Å². The van der Waals surface area contributed by atoms with E-state index in [1.165, 1.54) is 24.3 Å². The molecule has 0 atom stereocenters. The van der Waals surface area contributed by atoms with Gasteiger partial charge >= 0.3 is 0 Å². The van der Waals surface area contributed by atoms with Crippen molar-refractivity contribution in [3.63, 3.8) is 0 Å². The van der Waals surface area contributed by atoms with E-state index >= 15 is 0 Å². The summed E-state index contributed by atoms with van der Waals surface area (Å²) in [6.45, 7) is 0. The number of nitrogens with one attached hydrogen (secondary N) is 1. The first-order valence-electron chi connectivity index (χ1n) is 9.25. The van der Waals surface area contributed by atoms with Gasteiger partial charge in [0, 0.05) is 23.8 Å². The van der Waals surface area contributed by atoms with Gasteiger partial charge in [-0.3, -0.25) is 14.9 Å². The molecule has 1 N–H and O–H groups in total. The van der Waals surface area contributed by atoms with Gasteiger partial charge in [0.1, 0.15) is 17.3 Å². The predicted octanol–water partition coefficient (Wildman–Crippen LogP) is 6.22. The average Bonchev–Trinajstić information content (AvgIpc) is 2.79. The molecule has 0 aliphatic rings. The lowest BCUT2D eigenvalue weighted by Crippen LogP contribution is -2.14. The Kier molecular flexibility index (Phi) is 7.11. The molecule has 0 heterocycles. The van der Waals surface area contributed by atoms with E-state index < -0.39 is 10.8 Å². The van der Waals surface area contributed by atoms with E-state index in [9.17, 15) is 20.2 Å². The van der Waals surface area contributed by atoms with Crippen LogP contribution in [0.2, 0.25) is 10.0 Å². The van der Waals surface area contributed by atoms with Crippen molar-refractivity contribution < 1.29 is 9.72 Å². The molecule has 3 aromatic carbocycles. The van der Waals surface area contributed by atoms with Crippen LogP contribution in [0, 0.1) is 21.4 Å². The summed E-state index contributed by atoms with van der Waals surface area (Å²) in [5.41, 5.74) is 1.35. The molecule has 0 aliphatic carbocycles. The van der Waals surface area contributed by atoms with Crippen LogP contribution in [-0.4, -0.2) is 17.9 Å². The molecule has 0 saturated carbocycles. The molecule has 32 heavy (non-hydrogen) atoms. The molecule has 0 spiro atoms. The van der Waals surface area contributed by atoms with Crippen molar-refractivity contribution >= 4 is 57.9 Å². The first-order chi connectivity index (χ1) is 15.3. The van der Waals surface area contributed by atoms with Gasteiger partial charge < -0.3 is 10.2 Å². The van der Waals surface area contributed by atoms with Crippen molar-refractivity contribution in [3.8, 4) is 6.07 Å². The first kappa shape index (κ1) is 22.8. The number of amides is 1. The summed E-state index contributed by atoms with van der Waals surface area (Å²) in [7, 11) is 1.72. The zero-order chi connectivity index (χ0) is 23.3. The van der Waals surface area contributed by atoms with E-state index in [0.717, 1.165) is 5.69 Å². The van der Waals surface area contributed by atoms with Gasteiger partial charge in [-0.2, -0.15) is 5.26 Å². The molecule has 0 aromatic heterocycles. The highest BCUT2D eigenvalue weighted by molar-refractivity contribution is 6.36. The number of nitrogens with zero attached hydrogens (tertiary/aromatic N) is 3.